The minimum Gasteiger partial charge on any atom is -0.419 e. The largest absolute Gasteiger partial charge is 0.419 e. The van der Waals surface area contributed by atoms with E-state index < -0.39 is 0 Å². The molecule has 2 rings (SSSR count). The Labute approximate surface area is 112 Å². The van der Waals surface area contributed by atoms with Crippen molar-refractivity contribution in [3.63, 3.8) is 0 Å². The number of aromatic nitrogens is 1. The van der Waals surface area contributed by atoms with Gasteiger partial charge in [-0.3, -0.25) is 0 Å². The molecule has 0 aliphatic heterocycles. The zero-order valence-corrected chi connectivity index (χ0v) is 10.8. The van der Waals surface area contributed by atoms with Gasteiger partial charge in [0.1, 0.15) is 6.07 Å². The molecule has 0 aliphatic carbocycles. The van der Waals surface area contributed by atoms with Gasteiger partial charge >= 0.3 is 0 Å². The Bertz CT molecular complexity index is 580. The highest BCUT2D eigenvalue weighted by Gasteiger charge is 2.13. The molecule has 0 saturated heterocycles. The summed E-state index contributed by atoms with van der Waals surface area (Å²) in [5.74, 6) is 0.860. The summed E-state index contributed by atoms with van der Waals surface area (Å²) in [6.45, 7) is 3.27. The smallest absolute Gasteiger partial charge is 0.232 e. The fraction of sp³-hybridized carbons (Fsp3) is 0.286. The van der Waals surface area contributed by atoms with E-state index in [1.165, 1.54) is 0 Å². The van der Waals surface area contributed by atoms with Crippen LogP contribution in [0.5, 0.6) is 0 Å². The van der Waals surface area contributed by atoms with Gasteiger partial charge in [0, 0.05) is 12.1 Å². The quantitative estimate of drug-likeness (QED) is 0.801. The molecule has 0 saturated carbocycles. The molecule has 0 atom stereocenters. The number of nitrogens with one attached hydrogen (secondary N) is 1. The number of benzene rings is 1. The first-order valence-electron chi connectivity index (χ1n) is 6.16. The molecule has 2 aromatic rings. The third kappa shape index (κ3) is 3.12. The van der Waals surface area contributed by atoms with Crippen molar-refractivity contribution in [1.29, 1.82) is 5.26 Å². The van der Waals surface area contributed by atoms with Gasteiger partial charge in [-0.25, -0.2) is 0 Å². The van der Waals surface area contributed by atoms with Crippen molar-refractivity contribution in [2.75, 3.05) is 18.4 Å². The number of nitrogens with zero attached hydrogens (tertiary/aromatic N) is 2. The molecule has 5 heteroatoms. The van der Waals surface area contributed by atoms with Crippen LogP contribution in [0.4, 0.5) is 5.88 Å². The van der Waals surface area contributed by atoms with Gasteiger partial charge in [0.15, 0.2) is 0 Å². The summed E-state index contributed by atoms with van der Waals surface area (Å²) >= 11 is 0. The van der Waals surface area contributed by atoms with Crippen molar-refractivity contribution in [3.8, 4) is 17.5 Å². The minimum atomic E-state index is 0.271. The summed E-state index contributed by atoms with van der Waals surface area (Å²) in [4.78, 5) is 4.19. The lowest BCUT2D eigenvalue weighted by Crippen LogP contribution is -2.08. The maximum Gasteiger partial charge on any atom is 0.232 e. The van der Waals surface area contributed by atoms with Crippen molar-refractivity contribution >= 4 is 5.88 Å². The van der Waals surface area contributed by atoms with E-state index >= 15 is 0 Å². The zero-order chi connectivity index (χ0) is 13.7. The molecule has 98 valence electrons. The van der Waals surface area contributed by atoms with E-state index in [9.17, 15) is 0 Å². The molecule has 3 N–H and O–H groups in total. The lowest BCUT2D eigenvalue weighted by atomic mass is 10.1. The minimum absolute atomic E-state index is 0.271. The lowest BCUT2D eigenvalue weighted by molar-refractivity contribution is 0.584. The molecule has 0 spiro atoms. The van der Waals surface area contributed by atoms with Crippen LogP contribution in [0.2, 0.25) is 0 Å². The topological polar surface area (TPSA) is 87.9 Å². The van der Waals surface area contributed by atoms with Gasteiger partial charge in [0.2, 0.25) is 17.5 Å². The van der Waals surface area contributed by atoms with E-state index in [4.69, 9.17) is 15.4 Å². The van der Waals surface area contributed by atoms with Crippen LogP contribution in [-0.4, -0.2) is 18.1 Å². The predicted molar refractivity (Wildman–Crippen MR) is 73.6 cm³/mol. The number of hydrogen-bond donors (Lipinski definition) is 2. The Balaban J connectivity index is 2.23. The van der Waals surface area contributed by atoms with Crippen molar-refractivity contribution in [1.82, 2.24) is 4.98 Å². The molecule has 1 aromatic heterocycles. The summed E-state index contributed by atoms with van der Waals surface area (Å²) in [5.41, 5.74) is 7.71. The summed E-state index contributed by atoms with van der Waals surface area (Å²) in [6, 6.07) is 9.83. The maximum atomic E-state index is 9.04. The molecule has 19 heavy (non-hydrogen) atoms. The number of nitrogens with two attached hydrogens (primary N) is 1. The average molecular weight is 256 g/mol. The van der Waals surface area contributed by atoms with Crippen LogP contribution in [0.15, 0.2) is 28.7 Å². The summed E-state index contributed by atoms with van der Waals surface area (Å²) in [6.07, 6.45) is 0.811. The SMILES string of the molecule is Cc1ccc(-c2nc(C#N)c(NCCCN)o2)cc1. The maximum absolute atomic E-state index is 9.04. The molecule has 0 unspecified atom stereocenters. The molecule has 1 heterocycles. The molecule has 1 aromatic carbocycles. The number of oxazole rings is 1. The number of hydrogen-bond acceptors (Lipinski definition) is 5. The second-order valence-electron chi connectivity index (χ2n) is 4.24. The van der Waals surface area contributed by atoms with Gasteiger partial charge in [-0.05, 0) is 32.0 Å². The standard InChI is InChI=1S/C14H16N4O/c1-10-3-5-11(6-4-10)13-18-12(9-16)14(19-13)17-8-2-7-15/h3-6,17H,2,7-8,15H2,1H3. The van der Waals surface area contributed by atoms with E-state index in [-0.39, 0.29) is 5.69 Å². The molecule has 0 bridgehead atoms. The van der Waals surface area contributed by atoms with Crippen LogP contribution in [0.1, 0.15) is 17.7 Å². The first kappa shape index (κ1) is 13.1. The molecule has 0 fully saturated rings. The summed E-state index contributed by atoms with van der Waals surface area (Å²) < 4.78 is 5.59. The van der Waals surface area contributed by atoms with Crippen LogP contribution >= 0.6 is 0 Å². The van der Waals surface area contributed by atoms with Crippen LogP contribution in [-0.2, 0) is 0 Å². The Morgan fingerprint density at radius 3 is 2.74 bits per heavy atom. The molecule has 0 aliphatic rings. The van der Waals surface area contributed by atoms with E-state index in [2.05, 4.69) is 10.3 Å². The Hall–Kier alpha value is -2.32. The second kappa shape index (κ2) is 6.03. The van der Waals surface area contributed by atoms with E-state index in [1.54, 1.807) is 0 Å². The predicted octanol–water partition coefficient (Wildman–Crippen LogP) is 2.28. The Morgan fingerprint density at radius 2 is 2.11 bits per heavy atom. The van der Waals surface area contributed by atoms with Crippen molar-refractivity contribution in [3.05, 3.63) is 35.5 Å². The van der Waals surface area contributed by atoms with Crippen LogP contribution < -0.4 is 11.1 Å². The molecule has 0 radical (unpaired) electrons. The van der Waals surface area contributed by atoms with Crippen LogP contribution in [0.25, 0.3) is 11.5 Å². The highest BCUT2D eigenvalue weighted by atomic mass is 16.4. The first-order chi connectivity index (χ1) is 9.24. The molecular formula is C14H16N4O. The summed E-state index contributed by atoms with van der Waals surface area (Å²) in [7, 11) is 0. The Morgan fingerprint density at radius 1 is 1.37 bits per heavy atom. The van der Waals surface area contributed by atoms with Crippen LogP contribution in [0, 0.1) is 18.3 Å². The lowest BCUT2D eigenvalue weighted by Gasteiger charge is -2.00. The van der Waals surface area contributed by atoms with Crippen molar-refractivity contribution in [2.24, 2.45) is 5.73 Å². The van der Waals surface area contributed by atoms with Gasteiger partial charge in [0.05, 0.1) is 0 Å². The number of anilines is 1. The fourth-order valence-electron chi connectivity index (χ4n) is 1.64. The number of aryl methyl sites for hydroxylation is 1. The second-order valence-corrected chi connectivity index (χ2v) is 4.24. The molecule has 0 amide bonds. The number of rotatable bonds is 5. The van der Waals surface area contributed by atoms with Gasteiger partial charge in [-0.2, -0.15) is 10.2 Å². The molecule has 5 nitrogen and oxygen atoms in total. The van der Waals surface area contributed by atoms with Gasteiger partial charge < -0.3 is 15.5 Å². The van der Waals surface area contributed by atoms with Crippen molar-refractivity contribution < 1.29 is 4.42 Å². The number of nitriles is 1. The average Bonchev–Trinajstić information content (AvgIpc) is 2.83. The monoisotopic (exact) mass is 256 g/mol. The zero-order valence-electron chi connectivity index (χ0n) is 10.8. The van der Waals surface area contributed by atoms with E-state index in [0.717, 1.165) is 17.5 Å². The van der Waals surface area contributed by atoms with Crippen LogP contribution in [0.3, 0.4) is 0 Å². The normalized spacial score (nSPS) is 10.2. The Kier molecular flexibility index (Phi) is 4.16. The highest BCUT2D eigenvalue weighted by Crippen LogP contribution is 2.25. The summed E-state index contributed by atoms with van der Waals surface area (Å²) in [5, 5.41) is 12.1. The van der Waals surface area contributed by atoms with E-state index in [1.807, 2.05) is 37.3 Å². The molecular weight excluding hydrogens is 240 g/mol. The fourth-order valence-corrected chi connectivity index (χ4v) is 1.64. The van der Waals surface area contributed by atoms with Gasteiger partial charge in [-0.15, -0.1) is 0 Å². The highest BCUT2D eigenvalue weighted by molar-refractivity contribution is 5.59. The van der Waals surface area contributed by atoms with Gasteiger partial charge in [-0.1, -0.05) is 17.7 Å². The third-order valence-corrected chi connectivity index (χ3v) is 2.70. The third-order valence-electron chi connectivity index (χ3n) is 2.70. The van der Waals surface area contributed by atoms with Gasteiger partial charge in [0.25, 0.3) is 0 Å². The van der Waals surface area contributed by atoms with E-state index in [0.29, 0.717) is 24.9 Å². The van der Waals surface area contributed by atoms with Crippen molar-refractivity contribution in [2.45, 2.75) is 13.3 Å². The first-order valence-corrected chi connectivity index (χ1v) is 6.16.